The van der Waals surface area contributed by atoms with E-state index in [1.807, 2.05) is 7.05 Å². The normalized spacial score (nSPS) is 16.0. The summed E-state index contributed by atoms with van der Waals surface area (Å²) in [5.74, 6) is 0.781. The van der Waals surface area contributed by atoms with Crippen molar-refractivity contribution in [3.05, 3.63) is 0 Å². The number of hydrogen-bond acceptors (Lipinski definition) is 2. The molecule has 0 spiro atoms. The number of rotatable bonds is 7. The zero-order valence-corrected chi connectivity index (χ0v) is 8.98. The topological polar surface area (TPSA) is 24.1 Å². The lowest BCUT2D eigenvalue weighted by Gasteiger charge is -2.18. The van der Waals surface area contributed by atoms with E-state index in [9.17, 15) is 0 Å². The van der Waals surface area contributed by atoms with E-state index in [2.05, 4.69) is 31.4 Å². The van der Waals surface area contributed by atoms with Crippen LogP contribution in [-0.4, -0.2) is 26.2 Å². The molecular weight excluding hydrogens is 148 g/mol. The maximum Gasteiger partial charge on any atom is 0.00362 e. The summed E-state index contributed by atoms with van der Waals surface area (Å²) in [6.45, 7) is 8.98. The molecule has 0 radical (unpaired) electrons. The fourth-order valence-corrected chi connectivity index (χ4v) is 1.16. The fourth-order valence-electron chi connectivity index (χ4n) is 1.16. The molecule has 0 aromatic carbocycles. The molecule has 2 atom stereocenters. The SMILES string of the molecule is CCC(CNC)CNC(C)CC. The first kappa shape index (κ1) is 11.9. The monoisotopic (exact) mass is 172 g/mol. The van der Waals surface area contributed by atoms with E-state index in [4.69, 9.17) is 0 Å². The standard InChI is InChI=1S/C10H24N2/c1-5-9(3)12-8-10(6-2)7-11-4/h9-12H,5-8H2,1-4H3. The van der Waals surface area contributed by atoms with Crippen LogP contribution in [0.4, 0.5) is 0 Å². The van der Waals surface area contributed by atoms with Crippen molar-refractivity contribution >= 4 is 0 Å². The second kappa shape index (κ2) is 7.56. The molecule has 12 heavy (non-hydrogen) atoms. The van der Waals surface area contributed by atoms with Crippen LogP contribution in [0, 0.1) is 5.92 Å². The van der Waals surface area contributed by atoms with Gasteiger partial charge in [-0.3, -0.25) is 0 Å². The van der Waals surface area contributed by atoms with Crippen molar-refractivity contribution in [3.63, 3.8) is 0 Å². The minimum Gasteiger partial charge on any atom is -0.319 e. The van der Waals surface area contributed by atoms with E-state index in [1.54, 1.807) is 0 Å². The Morgan fingerprint density at radius 2 is 1.75 bits per heavy atom. The average Bonchev–Trinajstić information content (AvgIpc) is 2.11. The van der Waals surface area contributed by atoms with Crippen LogP contribution in [0.15, 0.2) is 0 Å². The van der Waals surface area contributed by atoms with Crippen molar-refractivity contribution < 1.29 is 0 Å². The van der Waals surface area contributed by atoms with Crippen molar-refractivity contribution in [1.82, 2.24) is 10.6 Å². The van der Waals surface area contributed by atoms with Gasteiger partial charge < -0.3 is 10.6 Å². The molecule has 0 amide bonds. The van der Waals surface area contributed by atoms with Crippen molar-refractivity contribution in [2.24, 2.45) is 5.92 Å². The Hall–Kier alpha value is -0.0800. The van der Waals surface area contributed by atoms with Gasteiger partial charge in [-0.05, 0) is 39.4 Å². The summed E-state index contributed by atoms with van der Waals surface area (Å²) >= 11 is 0. The molecule has 0 fully saturated rings. The van der Waals surface area contributed by atoms with Gasteiger partial charge >= 0.3 is 0 Å². The van der Waals surface area contributed by atoms with Gasteiger partial charge in [0.15, 0.2) is 0 Å². The van der Waals surface area contributed by atoms with Crippen LogP contribution in [0.3, 0.4) is 0 Å². The molecule has 2 nitrogen and oxygen atoms in total. The van der Waals surface area contributed by atoms with Crippen molar-refractivity contribution in [2.75, 3.05) is 20.1 Å². The molecule has 0 heterocycles. The molecule has 2 N–H and O–H groups in total. The molecule has 74 valence electrons. The number of hydrogen-bond donors (Lipinski definition) is 2. The highest BCUT2D eigenvalue weighted by Crippen LogP contribution is 1.99. The lowest BCUT2D eigenvalue weighted by Crippen LogP contribution is -2.34. The molecule has 0 aliphatic rings. The maximum atomic E-state index is 3.53. The van der Waals surface area contributed by atoms with Gasteiger partial charge in [0.05, 0.1) is 0 Å². The fraction of sp³-hybridized carbons (Fsp3) is 1.00. The highest BCUT2D eigenvalue weighted by molar-refractivity contribution is 4.65. The van der Waals surface area contributed by atoms with E-state index in [0.717, 1.165) is 19.0 Å². The van der Waals surface area contributed by atoms with Crippen LogP contribution >= 0.6 is 0 Å². The van der Waals surface area contributed by atoms with Gasteiger partial charge in [-0.1, -0.05) is 20.3 Å². The zero-order chi connectivity index (χ0) is 9.40. The summed E-state index contributed by atoms with van der Waals surface area (Å²) in [5.41, 5.74) is 0. The zero-order valence-electron chi connectivity index (χ0n) is 8.98. The first-order valence-electron chi connectivity index (χ1n) is 5.12. The first-order valence-corrected chi connectivity index (χ1v) is 5.12. The molecule has 0 aromatic heterocycles. The highest BCUT2D eigenvalue weighted by atomic mass is 14.9. The largest absolute Gasteiger partial charge is 0.319 e. The second-order valence-corrected chi connectivity index (χ2v) is 3.55. The molecule has 0 rings (SSSR count). The van der Waals surface area contributed by atoms with Crippen LogP contribution in [0.25, 0.3) is 0 Å². The van der Waals surface area contributed by atoms with Crippen LogP contribution < -0.4 is 10.6 Å². The van der Waals surface area contributed by atoms with E-state index < -0.39 is 0 Å². The van der Waals surface area contributed by atoms with Gasteiger partial charge in [-0.15, -0.1) is 0 Å². The Morgan fingerprint density at radius 3 is 2.17 bits per heavy atom. The van der Waals surface area contributed by atoms with Crippen LogP contribution in [0.2, 0.25) is 0 Å². The van der Waals surface area contributed by atoms with Gasteiger partial charge in [-0.2, -0.15) is 0 Å². The minimum absolute atomic E-state index is 0.663. The predicted octanol–water partition coefficient (Wildman–Crippen LogP) is 1.62. The summed E-state index contributed by atoms with van der Waals surface area (Å²) in [5, 5.41) is 6.75. The second-order valence-electron chi connectivity index (χ2n) is 3.55. The van der Waals surface area contributed by atoms with E-state index in [-0.39, 0.29) is 0 Å². The van der Waals surface area contributed by atoms with Gasteiger partial charge in [0, 0.05) is 6.04 Å². The van der Waals surface area contributed by atoms with Crippen molar-refractivity contribution in [2.45, 2.75) is 39.7 Å². The Balaban J connectivity index is 3.43. The molecule has 0 aromatic rings. The van der Waals surface area contributed by atoms with Crippen LogP contribution in [-0.2, 0) is 0 Å². The van der Waals surface area contributed by atoms with Crippen LogP contribution in [0.5, 0.6) is 0 Å². The van der Waals surface area contributed by atoms with Gasteiger partial charge in [0.1, 0.15) is 0 Å². The third-order valence-electron chi connectivity index (χ3n) is 2.44. The molecule has 2 heteroatoms. The third-order valence-corrected chi connectivity index (χ3v) is 2.44. The summed E-state index contributed by atoms with van der Waals surface area (Å²) in [4.78, 5) is 0. The quantitative estimate of drug-likeness (QED) is 0.610. The van der Waals surface area contributed by atoms with Gasteiger partial charge in [0.2, 0.25) is 0 Å². The Bertz CT molecular complexity index is 93.8. The van der Waals surface area contributed by atoms with E-state index in [0.29, 0.717) is 6.04 Å². The predicted molar refractivity (Wildman–Crippen MR) is 55.5 cm³/mol. The maximum absolute atomic E-state index is 3.53. The van der Waals surface area contributed by atoms with Crippen molar-refractivity contribution in [1.29, 1.82) is 0 Å². The smallest absolute Gasteiger partial charge is 0.00362 e. The summed E-state index contributed by atoms with van der Waals surface area (Å²) in [6.07, 6.45) is 2.47. The molecule has 0 bridgehead atoms. The summed E-state index contributed by atoms with van der Waals surface area (Å²) in [7, 11) is 2.02. The lowest BCUT2D eigenvalue weighted by molar-refractivity contribution is 0.411. The van der Waals surface area contributed by atoms with Crippen LogP contribution in [0.1, 0.15) is 33.6 Å². The van der Waals surface area contributed by atoms with E-state index >= 15 is 0 Å². The summed E-state index contributed by atoms with van der Waals surface area (Å²) in [6, 6.07) is 0.663. The number of nitrogens with one attached hydrogen (secondary N) is 2. The average molecular weight is 172 g/mol. The van der Waals surface area contributed by atoms with Gasteiger partial charge in [-0.25, -0.2) is 0 Å². The minimum atomic E-state index is 0.663. The molecule has 0 saturated carbocycles. The van der Waals surface area contributed by atoms with Gasteiger partial charge in [0.25, 0.3) is 0 Å². The molecular formula is C10H24N2. The van der Waals surface area contributed by atoms with Crippen molar-refractivity contribution in [3.8, 4) is 0 Å². The Labute approximate surface area is 77.1 Å². The summed E-state index contributed by atoms with van der Waals surface area (Å²) < 4.78 is 0. The lowest BCUT2D eigenvalue weighted by atomic mass is 10.1. The third kappa shape index (κ3) is 5.56. The highest BCUT2D eigenvalue weighted by Gasteiger charge is 2.05. The molecule has 2 unspecified atom stereocenters. The molecule has 0 saturated heterocycles. The Kier molecular flexibility index (Phi) is 7.51. The first-order chi connectivity index (χ1) is 5.74. The van der Waals surface area contributed by atoms with E-state index in [1.165, 1.54) is 12.8 Å². The Morgan fingerprint density at radius 1 is 1.08 bits per heavy atom. The molecule has 0 aliphatic heterocycles. The molecule has 0 aliphatic carbocycles.